The van der Waals surface area contributed by atoms with E-state index in [9.17, 15) is 9.59 Å². The topological polar surface area (TPSA) is 61.9 Å². The maximum atomic E-state index is 12.4. The lowest BCUT2D eigenvalue weighted by molar-refractivity contribution is -0.130. The van der Waals surface area contributed by atoms with Crippen LogP contribution in [0.1, 0.15) is 11.8 Å². The number of rotatable bonds is 7. The van der Waals surface area contributed by atoms with Crippen molar-refractivity contribution in [2.45, 2.75) is 6.92 Å². The number of halogens is 1. The smallest absolute Gasteiger partial charge is 0.247 e. The molecule has 2 aromatic rings. The minimum atomic E-state index is -0.216. The van der Waals surface area contributed by atoms with E-state index < -0.39 is 0 Å². The van der Waals surface area contributed by atoms with Gasteiger partial charge in [-0.2, -0.15) is 0 Å². The highest BCUT2D eigenvalue weighted by atomic mass is 79.9. The molecular weight excluding hydrogens is 454 g/mol. The number of benzene rings is 1. The van der Waals surface area contributed by atoms with Gasteiger partial charge >= 0.3 is 0 Å². The molecule has 1 aromatic carbocycles. The van der Waals surface area contributed by atoms with Crippen LogP contribution in [0.4, 0.5) is 11.4 Å². The van der Waals surface area contributed by atoms with E-state index >= 15 is 0 Å². The van der Waals surface area contributed by atoms with E-state index in [0.717, 1.165) is 46.3 Å². The molecular formula is C21H24BrN3O3S. The largest absolute Gasteiger partial charge is 0.378 e. The standard InChI is InChI=1S/C21H24BrN3O3S/c1-2-24(21(27)10-8-18-7-9-19(22)29-18)15-20(26)23-16-3-5-17(6-4-16)25-11-13-28-14-12-25/h3-10H,2,11-15H2,1H3,(H,23,26). The minimum absolute atomic E-state index is 0.0129. The third-order valence-electron chi connectivity index (χ3n) is 4.54. The van der Waals surface area contributed by atoms with Gasteiger partial charge in [-0.05, 0) is 65.3 Å². The molecule has 0 atom stereocenters. The Bertz CT molecular complexity index is 860. The van der Waals surface area contributed by atoms with Crippen LogP contribution in [-0.2, 0) is 14.3 Å². The van der Waals surface area contributed by atoms with E-state index in [1.165, 1.54) is 11.0 Å². The minimum Gasteiger partial charge on any atom is -0.378 e. The van der Waals surface area contributed by atoms with Crippen LogP contribution in [0, 0.1) is 0 Å². The number of morpholine rings is 1. The van der Waals surface area contributed by atoms with Gasteiger partial charge in [0.25, 0.3) is 0 Å². The summed E-state index contributed by atoms with van der Waals surface area (Å²) in [6, 6.07) is 11.6. The second-order valence-electron chi connectivity index (χ2n) is 6.52. The zero-order valence-corrected chi connectivity index (χ0v) is 18.7. The third kappa shape index (κ3) is 6.42. The first-order valence-corrected chi connectivity index (χ1v) is 11.1. The highest BCUT2D eigenvalue weighted by Crippen LogP contribution is 2.23. The van der Waals surface area contributed by atoms with Crippen molar-refractivity contribution in [2.75, 3.05) is 49.6 Å². The van der Waals surface area contributed by atoms with Gasteiger partial charge in [-0.15, -0.1) is 11.3 Å². The number of carbonyl (C=O) groups is 2. The van der Waals surface area contributed by atoms with E-state index in [2.05, 4.69) is 26.1 Å². The molecule has 1 aromatic heterocycles. The molecule has 1 aliphatic heterocycles. The average molecular weight is 478 g/mol. The van der Waals surface area contributed by atoms with Crippen LogP contribution in [0.2, 0.25) is 0 Å². The van der Waals surface area contributed by atoms with Gasteiger partial charge in [-0.1, -0.05) is 0 Å². The molecule has 1 aliphatic rings. The quantitative estimate of drug-likeness (QED) is 0.615. The fraction of sp³-hybridized carbons (Fsp3) is 0.333. The summed E-state index contributed by atoms with van der Waals surface area (Å²) in [5.74, 6) is -0.401. The van der Waals surface area contributed by atoms with Crippen molar-refractivity contribution >= 4 is 56.5 Å². The van der Waals surface area contributed by atoms with E-state index in [-0.39, 0.29) is 18.4 Å². The summed E-state index contributed by atoms with van der Waals surface area (Å²) in [4.78, 5) is 29.5. The molecule has 6 nitrogen and oxygen atoms in total. The molecule has 0 radical (unpaired) electrons. The number of nitrogens with one attached hydrogen (secondary N) is 1. The molecule has 2 amide bonds. The van der Waals surface area contributed by atoms with Crippen LogP contribution in [-0.4, -0.2) is 56.1 Å². The van der Waals surface area contributed by atoms with Gasteiger partial charge in [-0.3, -0.25) is 9.59 Å². The zero-order chi connectivity index (χ0) is 20.6. The number of amides is 2. The average Bonchev–Trinajstić information content (AvgIpc) is 3.16. The molecule has 1 fully saturated rings. The molecule has 29 heavy (non-hydrogen) atoms. The van der Waals surface area contributed by atoms with Crippen molar-refractivity contribution in [3.05, 3.63) is 51.1 Å². The molecule has 0 spiro atoms. The number of nitrogens with zero attached hydrogens (tertiary/aromatic N) is 2. The van der Waals surface area contributed by atoms with Crippen LogP contribution < -0.4 is 10.2 Å². The van der Waals surface area contributed by atoms with Crippen LogP contribution in [0.5, 0.6) is 0 Å². The fourth-order valence-corrected chi connectivity index (χ4v) is 4.30. The van der Waals surface area contributed by atoms with Gasteiger partial charge in [0.05, 0.1) is 17.0 Å². The Balaban J connectivity index is 1.52. The highest BCUT2D eigenvalue weighted by molar-refractivity contribution is 9.11. The Morgan fingerprint density at radius 3 is 2.55 bits per heavy atom. The van der Waals surface area contributed by atoms with Crippen molar-refractivity contribution in [2.24, 2.45) is 0 Å². The Hall–Kier alpha value is -2.16. The zero-order valence-electron chi connectivity index (χ0n) is 16.3. The first-order valence-electron chi connectivity index (χ1n) is 9.50. The number of ether oxygens (including phenoxy) is 1. The molecule has 0 aliphatic carbocycles. The number of likely N-dealkylation sites (N-methyl/N-ethyl adjacent to an activating group) is 1. The number of carbonyl (C=O) groups excluding carboxylic acids is 2. The van der Waals surface area contributed by atoms with Gasteiger partial charge < -0.3 is 19.9 Å². The van der Waals surface area contributed by atoms with E-state index in [0.29, 0.717) is 6.54 Å². The van der Waals surface area contributed by atoms with Gasteiger partial charge in [-0.25, -0.2) is 0 Å². The van der Waals surface area contributed by atoms with Gasteiger partial charge in [0.15, 0.2) is 0 Å². The maximum Gasteiger partial charge on any atom is 0.247 e. The first kappa shape index (κ1) is 21.5. The molecule has 8 heteroatoms. The predicted molar refractivity (Wildman–Crippen MR) is 121 cm³/mol. The Morgan fingerprint density at radius 1 is 1.21 bits per heavy atom. The summed E-state index contributed by atoms with van der Waals surface area (Å²) in [7, 11) is 0. The molecule has 1 saturated heterocycles. The monoisotopic (exact) mass is 477 g/mol. The molecule has 0 saturated carbocycles. The molecule has 2 heterocycles. The summed E-state index contributed by atoms with van der Waals surface area (Å²) in [6.45, 7) is 5.54. The van der Waals surface area contributed by atoms with Crippen molar-refractivity contribution in [3.8, 4) is 0 Å². The predicted octanol–water partition coefficient (Wildman–Crippen LogP) is 3.85. The SMILES string of the molecule is CCN(CC(=O)Nc1ccc(N2CCOCC2)cc1)C(=O)C=Cc1ccc(Br)s1. The molecule has 1 N–H and O–H groups in total. The second kappa shape index (κ2) is 10.6. The maximum absolute atomic E-state index is 12.4. The molecule has 154 valence electrons. The Morgan fingerprint density at radius 2 is 1.93 bits per heavy atom. The lowest BCUT2D eigenvalue weighted by Crippen LogP contribution is -2.37. The summed E-state index contributed by atoms with van der Waals surface area (Å²) < 4.78 is 6.38. The van der Waals surface area contributed by atoms with Crippen LogP contribution in [0.15, 0.2) is 46.3 Å². The number of hydrogen-bond donors (Lipinski definition) is 1. The van der Waals surface area contributed by atoms with E-state index in [1.807, 2.05) is 43.3 Å². The summed E-state index contributed by atoms with van der Waals surface area (Å²) >= 11 is 4.95. The van der Waals surface area contributed by atoms with E-state index in [4.69, 9.17) is 4.74 Å². The normalized spacial score (nSPS) is 14.2. The second-order valence-corrected chi connectivity index (χ2v) is 9.02. The van der Waals surface area contributed by atoms with E-state index in [1.54, 1.807) is 17.4 Å². The summed E-state index contributed by atoms with van der Waals surface area (Å²) in [5.41, 5.74) is 1.83. The lowest BCUT2D eigenvalue weighted by atomic mass is 10.2. The van der Waals surface area contributed by atoms with Gasteiger partial charge in [0.1, 0.15) is 6.54 Å². The Kier molecular flexibility index (Phi) is 7.85. The number of hydrogen-bond acceptors (Lipinski definition) is 5. The first-order chi connectivity index (χ1) is 14.0. The van der Waals surface area contributed by atoms with Crippen LogP contribution in [0.25, 0.3) is 6.08 Å². The molecule has 0 unspecified atom stereocenters. The van der Waals surface area contributed by atoms with Crippen molar-refractivity contribution in [1.82, 2.24) is 4.90 Å². The van der Waals surface area contributed by atoms with Crippen molar-refractivity contribution in [3.63, 3.8) is 0 Å². The fourth-order valence-electron chi connectivity index (χ4n) is 2.97. The lowest BCUT2D eigenvalue weighted by Gasteiger charge is -2.29. The number of anilines is 2. The highest BCUT2D eigenvalue weighted by Gasteiger charge is 2.14. The summed E-state index contributed by atoms with van der Waals surface area (Å²) in [5, 5.41) is 2.86. The molecule has 3 rings (SSSR count). The van der Waals surface area contributed by atoms with Crippen molar-refractivity contribution in [1.29, 1.82) is 0 Å². The van der Waals surface area contributed by atoms with Crippen LogP contribution >= 0.6 is 27.3 Å². The summed E-state index contributed by atoms with van der Waals surface area (Å²) in [6.07, 6.45) is 3.27. The van der Waals surface area contributed by atoms with Gasteiger partial charge in [0.2, 0.25) is 11.8 Å². The Labute approximate surface area is 183 Å². The third-order valence-corrected chi connectivity index (χ3v) is 6.13. The number of thiophene rings is 1. The van der Waals surface area contributed by atoms with Crippen molar-refractivity contribution < 1.29 is 14.3 Å². The molecule has 0 bridgehead atoms. The van der Waals surface area contributed by atoms with Crippen LogP contribution in [0.3, 0.4) is 0 Å². The van der Waals surface area contributed by atoms with Gasteiger partial charge in [0, 0.05) is 42.0 Å².